The Labute approximate surface area is 118 Å². The number of esters is 1. The SMILES string of the molecule is CCOC(=O)c1ncsc1NC1CCCC(C)(C)C1. The molecule has 1 fully saturated rings. The quantitative estimate of drug-likeness (QED) is 0.855. The van der Waals surface area contributed by atoms with Crippen LogP contribution in [-0.4, -0.2) is 23.6 Å². The number of carbonyl (C=O) groups excluding carboxylic acids is 1. The molecule has 2 rings (SSSR count). The highest BCUT2D eigenvalue weighted by Gasteiger charge is 2.29. The summed E-state index contributed by atoms with van der Waals surface area (Å²) in [5.41, 5.74) is 2.50. The zero-order valence-electron chi connectivity index (χ0n) is 11.9. The number of anilines is 1. The van der Waals surface area contributed by atoms with E-state index in [1.165, 1.54) is 24.2 Å². The van der Waals surface area contributed by atoms with E-state index in [4.69, 9.17) is 4.74 Å². The molecule has 1 aromatic heterocycles. The van der Waals surface area contributed by atoms with E-state index in [0.717, 1.165) is 17.8 Å². The predicted molar refractivity (Wildman–Crippen MR) is 77.7 cm³/mol. The van der Waals surface area contributed by atoms with E-state index in [9.17, 15) is 4.79 Å². The summed E-state index contributed by atoms with van der Waals surface area (Å²) in [6, 6.07) is 0.428. The smallest absolute Gasteiger partial charge is 0.360 e. The number of carbonyl (C=O) groups is 1. The van der Waals surface area contributed by atoms with Crippen LogP contribution in [0.15, 0.2) is 5.51 Å². The van der Waals surface area contributed by atoms with E-state index >= 15 is 0 Å². The third kappa shape index (κ3) is 3.69. The summed E-state index contributed by atoms with van der Waals surface area (Å²) in [5.74, 6) is -0.332. The Morgan fingerprint density at radius 2 is 2.42 bits per heavy atom. The van der Waals surface area contributed by atoms with Gasteiger partial charge in [0.1, 0.15) is 5.00 Å². The van der Waals surface area contributed by atoms with Crippen molar-refractivity contribution in [3.8, 4) is 0 Å². The number of nitrogens with zero attached hydrogens (tertiary/aromatic N) is 1. The van der Waals surface area contributed by atoms with Crippen molar-refractivity contribution in [1.29, 1.82) is 0 Å². The topological polar surface area (TPSA) is 51.2 Å². The third-order valence-corrected chi connectivity index (χ3v) is 4.33. The van der Waals surface area contributed by atoms with Crippen LogP contribution >= 0.6 is 11.3 Å². The highest BCUT2D eigenvalue weighted by atomic mass is 32.1. The zero-order chi connectivity index (χ0) is 13.9. The van der Waals surface area contributed by atoms with Gasteiger partial charge in [-0.3, -0.25) is 0 Å². The minimum atomic E-state index is -0.332. The van der Waals surface area contributed by atoms with Crippen molar-refractivity contribution in [2.24, 2.45) is 5.41 Å². The van der Waals surface area contributed by atoms with Crippen molar-refractivity contribution in [2.45, 2.75) is 52.5 Å². The average Bonchev–Trinajstić information content (AvgIpc) is 2.76. The van der Waals surface area contributed by atoms with E-state index in [0.29, 0.717) is 23.8 Å². The summed E-state index contributed by atoms with van der Waals surface area (Å²) in [4.78, 5) is 15.9. The highest BCUT2D eigenvalue weighted by Crippen LogP contribution is 2.37. The summed E-state index contributed by atoms with van der Waals surface area (Å²) >= 11 is 1.47. The second-order valence-electron chi connectivity index (χ2n) is 5.85. The lowest BCUT2D eigenvalue weighted by Gasteiger charge is -2.35. The fourth-order valence-electron chi connectivity index (χ4n) is 2.70. The molecular formula is C14H22N2O2S. The standard InChI is InChI=1S/C14H22N2O2S/c1-4-18-13(17)11-12(19-9-15-11)16-10-6-5-7-14(2,3)8-10/h9-10,16H,4-8H2,1-3H3. The first kappa shape index (κ1) is 14.3. The molecule has 0 spiro atoms. The van der Waals surface area contributed by atoms with Gasteiger partial charge in [0.2, 0.25) is 0 Å². The predicted octanol–water partition coefficient (Wildman–Crippen LogP) is 3.70. The maximum atomic E-state index is 11.8. The van der Waals surface area contributed by atoms with E-state index in [2.05, 4.69) is 24.1 Å². The van der Waals surface area contributed by atoms with E-state index in [1.54, 1.807) is 12.4 Å². The second-order valence-corrected chi connectivity index (χ2v) is 6.71. The van der Waals surface area contributed by atoms with E-state index in [-0.39, 0.29) is 5.97 Å². The van der Waals surface area contributed by atoms with Crippen LogP contribution in [0.25, 0.3) is 0 Å². The molecule has 1 aliphatic carbocycles. The molecule has 1 aliphatic rings. The van der Waals surface area contributed by atoms with Crippen molar-refractivity contribution in [2.75, 3.05) is 11.9 Å². The van der Waals surface area contributed by atoms with E-state index < -0.39 is 0 Å². The molecule has 0 radical (unpaired) electrons. The van der Waals surface area contributed by atoms with Crippen molar-refractivity contribution < 1.29 is 9.53 Å². The first-order valence-electron chi connectivity index (χ1n) is 6.89. The number of thiazole rings is 1. The maximum Gasteiger partial charge on any atom is 0.360 e. The zero-order valence-corrected chi connectivity index (χ0v) is 12.7. The molecule has 1 aromatic rings. The van der Waals surface area contributed by atoms with Crippen LogP contribution in [-0.2, 0) is 4.74 Å². The molecule has 1 saturated carbocycles. The third-order valence-electron chi connectivity index (χ3n) is 3.58. The molecule has 19 heavy (non-hydrogen) atoms. The number of hydrogen-bond acceptors (Lipinski definition) is 5. The number of rotatable bonds is 4. The molecule has 1 N–H and O–H groups in total. The van der Waals surface area contributed by atoms with Crippen molar-refractivity contribution in [1.82, 2.24) is 4.98 Å². The average molecular weight is 282 g/mol. The lowest BCUT2D eigenvalue weighted by Crippen LogP contribution is -2.32. The number of hydrogen-bond donors (Lipinski definition) is 1. The Bertz CT molecular complexity index is 442. The minimum Gasteiger partial charge on any atom is -0.461 e. The van der Waals surface area contributed by atoms with Gasteiger partial charge in [-0.05, 0) is 31.6 Å². The van der Waals surface area contributed by atoms with Gasteiger partial charge in [0.15, 0.2) is 5.69 Å². The molecule has 0 amide bonds. The molecule has 0 aliphatic heterocycles. The molecule has 1 unspecified atom stereocenters. The van der Waals surface area contributed by atoms with Crippen LogP contribution in [0.1, 0.15) is 56.9 Å². The molecule has 1 heterocycles. The second kappa shape index (κ2) is 5.90. The Morgan fingerprint density at radius 1 is 1.63 bits per heavy atom. The van der Waals surface area contributed by atoms with Crippen LogP contribution in [0.2, 0.25) is 0 Å². The number of aromatic nitrogens is 1. The summed E-state index contributed by atoms with van der Waals surface area (Å²) < 4.78 is 5.02. The summed E-state index contributed by atoms with van der Waals surface area (Å²) in [6.07, 6.45) is 4.80. The Kier molecular flexibility index (Phi) is 4.45. The van der Waals surface area contributed by atoms with Crippen LogP contribution < -0.4 is 5.32 Å². The van der Waals surface area contributed by atoms with Crippen LogP contribution in [0, 0.1) is 5.41 Å². The van der Waals surface area contributed by atoms with Crippen LogP contribution in [0.3, 0.4) is 0 Å². The van der Waals surface area contributed by atoms with Crippen molar-refractivity contribution in [3.63, 3.8) is 0 Å². The van der Waals surface area contributed by atoms with Gasteiger partial charge in [0.25, 0.3) is 0 Å². The molecule has 0 saturated heterocycles. The molecule has 0 aromatic carbocycles. The Balaban J connectivity index is 2.03. The molecular weight excluding hydrogens is 260 g/mol. The van der Waals surface area contributed by atoms with Crippen molar-refractivity contribution in [3.05, 3.63) is 11.2 Å². The minimum absolute atomic E-state index is 0.332. The van der Waals surface area contributed by atoms with Gasteiger partial charge < -0.3 is 10.1 Å². The Hall–Kier alpha value is -1.10. The molecule has 0 bridgehead atoms. The van der Waals surface area contributed by atoms with Crippen LogP contribution in [0.4, 0.5) is 5.00 Å². The summed E-state index contributed by atoms with van der Waals surface area (Å²) in [5, 5.41) is 4.33. The van der Waals surface area contributed by atoms with Gasteiger partial charge in [-0.1, -0.05) is 20.3 Å². The highest BCUT2D eigenvalue weighted by molar-refractivity contribution is 7.14. The molecule has 4 nitrogen and oxygen atoms in total. The van der Waals surface area contributed by atoms with Gasteiger partial charge in [-0.25, -0.2) is 9.78 Å². The Morgan fingerprint density at radius 3 is 3.11 bits per heavy atom. The van der Waals surface area contributed by atoms with Gasteiger partial charge in [-0.15, -0.1) is 11.3 Å². The first-order valence-corrected chi connectivity index (χ1v) is 7.77. The lowest BCUT2D eigenvalue weighted by atomic mass is 9.75. The lowest BCUT2D eigenvalue weighted by molar-refractivity contribution is 0.0521. The largest absolute Gasteiger partial charge is 0.461 e. The van der Waals surface area contributed by atoms with Gasteiger partial charge in [0.05, 0.1) is 12.1 Å². The van der Waals surface area contributed by atoms with Crippen LogP contribution in [0.5, 0.6) is 0 Å². The van der Waals surface area contributed by atoms with E-state index in [1.807, 2.05) is 0 Å². The molecule has 1 atom stereocenters. The summed E-state index contributed by atoms with van der Waals surface area (Å²) in [6.45, 7) is 6.80. The van der Waals surface area contributed by atoms with Gasteiger partial charge in [0, 0.05) is 6.04 Å². The van der Waals surface area contributed by atoms with Gasteiger partial charge in [-0.2, -0.15) is 0 Å². The number of nitrogens with one attached hydrogen (secondary N) is 1. The fourth-order valence-corrected chi connectivity index (χ4v) is 3.45. The number of ether oxygens (including phenoxy) is 1. The fraction of sp³-hybridized carbons (Fsp3) is 0.714. The monoisotopic (exact) mass is 282 g/mol. The first-order chi connectivity index (χ1) is 9.02. The summed E-state index contributed by atoms with van der Waals surface area (Å²) in [7, 11) is 0. The van der Waals surface area contributed by atoms with Crippen molar-refractivity contribution >= 4 is 22.3 Å². The van der Waals surface area contributed by atoms with Gasteiger partial charge >= 0.3 is 5.97 Å². The maximum absolute atomic E-state index is 11.8. The molecule has 106 valence electrons. The molecule has 5 heteroatoms. The normalized spacial score (nSPS) is 21.9.